The molecule has 2 aliphatic rings. The number of aliphatic hydroxyl groups is 3. The quantitative estimate of drug-likeness (QED) is 0.692. The van der Waals surface area contributed by atoms with Gasteiger partial charge in [-0.2, -0.15) is 0 Å². The summed E-state index contributed by atoms with van der Waals surface area (Å²) in [4.78, 5) is 0. The highest BCUT2D eigenvalue weighted by atomic mass is 16.3. The predicted octanol–water partition coefficient (Wildman–Crippen LogP) is 3.67. The molecular formula is C20H36O3. The topological polar surface area (TPSA) is 60.7 Å². The van der Waals surface area contributed by atoms with Crippen LogP contribution in [-0.4, -0.2) is 32.6 Å². The molecule has 134 valence electrons. The Morgan fingerprint density at radius 1 is 1.22 bits per heavy atom. The van der Waals surface area contributed by atoms with Gasteiger partial charge in [0, 0.05) is 5.41 Å². The first-order valence-corrected chi connectivity index (χ1v) is 9.17. The van der Waals surface area contributed by atoms with Gasteiger partial charge in [0.05, 0.1) is 17.3 Å². The Kier molecular flexibility index (Phi) is 4.83. The summed E-state index contributed by atoms with van der Waals surface area (Å²) in [6.07, 6.45) is 6.22. The number of hydrogen-bond donors (Lipinski definition) is 3. The van der Waals surface area contributed by atoms with Crippen LogP contribution < -0.4 is 0 Å². The van der Waals surface area contributed by atoms with Gasteiger partial charge in [-0.3, -0.25) is 0 Å². The van der Waals surface area contributed by atoms with Crippen molar-refractivity contribution in [2.24, 2.45) is 22.7 Å². The van der Waals surface area contributed by atoms with E-state index in [1.54, 1.807) is 6.08 Å². The maximum absolute atomic E-state index is 11.1. The van der Waals surface area contributed by atoms with Crippen molar-refractivity contribution < 1.29 is 15.3 Å². The smallest absolute Gasteiger partial charge is 0.0933 e. The Balaban J connectivity index is 2.33. The molecule has 3 nitrogen and oxygen atoms in total. The highest BCUT2D eigenvalue weighted by molar-refractivity contribution is 5.12. The van der Waals surface area contributed by atoms with Crippen LogP contribution >= 0.6 is 0 Å². The summed E-state index contributed by atoms with van der Waals surface area (Å²) in [5.74, 6) is 0.907. The molecule has 0 aliphatic heterocycles. The first-order valence-electron chi connectivity index (χ1n) is 9.17. The van der Waals surface area contributed by atoms with Gasteiger partial charge in [-0.15, -0.1) is 6.58 Å². The second-order valence-electron chi connectivity index (χ2n) is 9.22. The van der Waals surface area contributed by atoms with Crippen molar-refractivity contribution in [2.45, 2.75) is 90.4 Å². The van der Waals surface area contributed by atoms with E-state index in [-0.39, 0.29) is 10.8 Å². The van der Waals surface area contributed by atoms with Gasteiger partial charge < -0.3 is 15.3 Å². The van der Waals surface area contributed by atoms with E-state index in [0.29, 0.717) is 24.7 Å². The van der Waals surface area contributed by atoms with E-state index in [9.17, 15) is 15.3 Å². The second kappa shape index (κ2) is 5.86. The van der Waals surface area contributed by atoms with Crippen LogP contribution in [0.5, 0.6) is 0 Å². The van der Waals surface area contributed by atoms with Gasteiger partial charge >= 0.3 is 0 Å². The summed E-state index contributed by atoms with van der Waals surface area (Å²) < 4.78 is 0. The fourth-order valence-electron chi connectivity index (χ4n) is 5.38. The second-order valence-corrected chi connectivity index (χ2v) is 9.22. The van der Waals surface area contributed by atoms with Gasteiger partial charge in [0.25, 0.3) is 0 Å². The molecule has 0 aromatic carbocycles. The minimum absolute atomic E-state index is 0.0597. The maximum atomic E-state index is 11.1. The minimum atomic E-state index is -1.04. The predicted molar refractivity (Wildman–Crippen MR) is 94.0 cm³/mol. The molecule has 2 aliphatic carbocycles. The first-order chi connectivity index (χ1) is 10.4. The summed E-state index contributed by atoms with van der Waals surface area (Å²) in [7, 11) is 0. The van der Waals surface area contributed by atoms with Gasteiger partial charge in [-0.05, 0) is 69.6 Å². The molecule has 0 aromatic rings. The lowest BCUT2D eigenvalue weighted by atomic mass is 9.43. The fraction of sp³-hybridized carbons (Fsp3) is 0.900. The Bertz CT molecular complexity index is 456. The average molecular weight is 325 g/mol. The molecule has 7 atom stereocenters. The molecule has 0 aromatic heterocycles. The largest absolute Gasteiger partial charge is 0.390 e. The van der Waals surface area contributed by atoms with Crippen LogP contribution in [0.2, 0.25) is 0 Å². The highest BCUT2D eigenvalue weighted by Gasteiger charge is 2.62. The Labute approximate surface area is 141 Å². The molecule has 2 saturated carbocycles. The van der Waals surface area contributed by atoms with Crippen molar-refractivity contribution in [1.82, 2.24) is 0 Å². The third-order valence-corrected chi connectivity index (χ3v) is 7.93. The van der Waals surface area contributed by atoms with Crippen molar-refractivity contribution in [3.63, 3.8) is 0 Å². The molecule has 23 heavy (non-hydrogen) atoms. The monoisotopic (exact) mass is 324 g/mol. The number of rotatable bonds is 4. The molecule has 0 spiro atoms. The van der Waals surface area contributed by atoms with Crippen molar-refractivity contribution in [1.29, 1.82) is 0 Å². The Hall–Kier alpha value is -0.380. The summed E-state index contributed by atoms with van der Waals surface area (Å²) in [6.45, 7) is 14.2. The third kappa shape index (κ3) is 2.89. The van der Waals surface area contributed by atoms with Crippen LogP contribution in [0, 0.1) is 22.7 Å². The van der Waals surface area contributed by atoms with Gasteiger partial charge in [0.2, 0.25) is 0 Å². The van der Waals surface area contributed by atoms with Crippen LogP contribution in [-0.2, 0) is 0 Å². The lowest BCUT2D eigenvalue weighted by Crippen LogP contribution is -2.65. The average Bonchev–Trinajstić information content (AvgIpc) is 2.48. The number of hydrogen-bond acceptors (Lipinski definition) is 3. The van der Waals surface area contributed by atoms with E-state index in [4.69, 9.17) is 0 Å². The number of fused-ring (bicyclic) bond motifs is 1. The normalized spacial score (nSPS) is 50.0. The standard InChI is InChI=1S/C20H36O3/c1-7-17(3,22)12-13-18(4)14(2)10-11-19(5)15(18)8-9-16(21)20(19,6)23/h7,14-16,21-23H,1,8-13H2,2-6H3/t14-,15+,16+,17-,18-,19-,20-/m1/s1. The maximum Gasteiger partial charge on any atom is 0.0933 e. The summed E-state index contributed by atoms with van der Waals surface area (Å²) >= 11 is 0. The molecule has 2 fully saturated rings. The zero-order valence-electron chi connectivity index (χ0n) is 15.6. The first kappa shape index (κ1) is 19.0. The fourth-order valence-corrected chi connectivity index (χ4v) is 5.38. The molecule has 0 heterocycles. The highest BCUT2D eigenvalue weighted by Crippen LogP contribution is 2.64. The van der Waals surface area contributed by atoms with Gasteiger partial charge in [0.15, 0.2) is 0 Å². The van der Waals surface area contributed by atoms with Crippen molar-refractivity contribution in [2.75, 3.05) is 0 Å². The van der Waals surface area contributed by atoms with Crippen molar-refractivity contribution >= 4 is 0 Å². The summed E-state index contributed by atoms with van der Waals surface area (Å²) in [5, 5.41) is 31.8. The lowest BCUT2D eigenvalue weighted by molar-refractivity contribution is -0.236. The molecule has 0 bridgehead atoms. The Morgan fingerprint density at radius 2 is 1.83 bits per heavy atom. The Morgan fingerprint density at radius 3 is 2.39 bits per heavy atom. The molecular weight excluding hydrogens is 288 g/mol. The van der Waals surface area contributed by atoms with E-state index in [1.165, 1.54) is 0 Å². The molecule has 0 amide bonds. The van der Waals surface area contributed by atoms with E-state index < -0.39 is 17.3 Å². The van der Waals surface area contributed by atoms with E-state index in [2.05, 4.69) is 27.4 Å². The van der Waals surface area contributed by atoms with Crippen LogP contribution in [0.3, 0.4) is 0 Å². The SMILES string of the molecule is C=C[C@@](C)(O)CC[C@]1(C)[C@H](C)CC[C@]2(C)[C@H]1CC[C@H](O)[C@@]2(C)O. The zero-order valence-corrected chi connectivity index (χ0v) is 15.6. The van der Waals surface area contributed by atoms with Crippen LogP contribution in [0.15, 0.2) is 12.7 Å². The summed E-state index contributed by atoms with van der Waals surface area (Å²) in [6, 6.07) is 0. The van der Waals surface area contributed by atoms with Crippen LogP contribution in [0.4, 0.5) is 0 Å². The number of aliphatic hydroxyl groups excluding tert-OH is 1. The van der Waals surface area contributed by atoms with Gasteiger partial charge in [0.1, 0.15) is 0 Å². The molecule has 3 heteroatoms. The zero-order chi connectivity index (χ0) is 17.7. The van der Waals surface area contributed by atoms with Crippen molar-refractivity contribution in [3.05, 3.63) is 12.7 Å². The minimum Gasteiger partial charge on any atom is -0.390 e. The van der Waals surface area contributed by atoms with Crippen LogP contribution in [0.1, 0.15) is 73.1 Å². The van der Waals surface area contributed by atoms with E-state index in [0.717, 1.165) is 25.7 Å². The molecule has 0 unspecified atom stereocenters. The van der Waals surface area contributed by atoms with E-state index in [1.807, 2.05) is 13.8 Å². The lowest BCUT2D eigenvalue weighted by Gasteiger charge is -2.64. The molecule has 3 N–H and O–H groups in total. The van der Waals surface area contributed by atoms with Crippen LogP contribution in [0.25, 0.3) is 0 Å². The molecule has 0 saturated heterocycles. The van der Waals surface area contributed by atoms with Crippen molar-refractivity contribution in [3.8, 4) is 0 Å². The van der Waals surface area contributed by atoms with E-state index >= 15 is 0 Å². The third-order valence-electron chi connectivity index (χ3n) is 7.93. The van der Waals surface area contributed by atoms with Gasteiger partial charge in [-0.25, -0.2) is 0 Å². The molecule has 0 radical (unpaired) electrons. The molecule has 2 rings (SSSR count). The summed E-state index contributed by atoms with van der Waals surface area (Å²) in [5.41, 5.74) is -2.10. The van der Waals surface area contributed by atoms with Gasteiger partial charge in [-0.1, -0.05) is 26.8 Å².